The highest BCUT2D eigenvalue weighted by molar-refractivity contribution is 7.91. The van der Waals surface area contributed by atoms with Gasteiger partial charge in [0.05, 0.1) is 28.7 Å². The number of hydrogen-bond acceptors (Lipinski definition) is 9. The molecule has 0 saturated carbocycles. The monoisotopic (exact) mass is 532 g/mol. The van der Waals surface area contributed by atoms with Crippen LogP contribution >= 0.6 is 0 Å². The molecule has 0 unspecified atom stereocenters. The molecule has 3 aliphatic heterocycles. The van der Waals surface area contributed by atoms with Crippen molar-refractivity contribution in [3.8, 4) is 16.9 Å². The van der Waals surface area contributed by atoms with E-state index < -0.39 is 9.84 Å². The smallest absolute Gasteiger partial charge is 0.246 e. The van der Waals surface area contributed by atoms with Crippen molar-refractivity contribution in [2.45, 2.75) is 19.4 Å². The average Bonchev–Trinajstić information content (AvgIpc) is 3.08. The summed E-state index contributed by atoms with van der Waals surface area (Å²) in [6.07, 6.45) is 6.69. The number of amides is 1. The fraction of sp³-hybridized carbons (Fsp3) is 0.333. The number of sulfone groups is 1. The summed E-state index contributed by atoms with van der Waals surface area (Å²) >= 11 is 0. The van der Waals surface area contributed by atoms with Gasteiger partial charge in [-0.3, -0.25) is 4.79 Å². The number of nitrogens with one attached hydrogen (secondary N) is 1. The molecular weight excluding hydrogens is 504 g/mol. The number of fused-ring (bicyclic) bond motifs is 2. The summed E-state index contributed by atoms with van der Waals surface area (Å²) in [4.78, 5) is 29.2. The van der Waals surface area contributed by atoms with Crippen molar-refractivity contribution in [2.75, 3.05) is 47.9 Å². The van der Waals surface area contributed by atoms with Gasteiger partial charge in [-0.25, -0.2) is 23.4 Å². The number of aromatic nitrogens is 3. The lowest BCUT2D eigenvalue weighted by atomic mass is 9.98. The van der Waals surface area contributed by atoms with Gasteiger partial charge in [-0.2, -0.15) is 0 Å². The molecule has 2 fully saturated rings. The number of carbonyl (C=O) groups is 1. The van der Waals surface area contributed by atoms with Gasteiger partial charge < -0.3 is 19.9 Å². The summed E-state index contributed by atoms with van der Waals surface area (Å²) in [7, 11) is -2.98. The Morgan fingerprint density at radius 1 is 1.13 bits per heavy atom. The minimum absolute atomic E-state index is 0.0694. The second-order valence-corrected chi connectivity index (χ2v) is 12.2. The highest BCUT2D eigenvalue weighted by Crippen LogP contribution is 2.41. The van der Waals surface area contributed by atoms with Gasteiger partial charge >= 0.3 is 0 Å². The van der Waals surface area contributed by atoms with Gasteiger partial charge in [0.25, 0.3) is 0 Å². The maximum absolute atomic E-state index is 11.9. The van der Waals surface area contributed by atoms with E-state index in [1.54, 1.807) is 11.1 Å². The number of rotatable bonds is 4. The van der Waals surface area contributed by atoms with E-state index in [1.807, 2.05) is 37.5 Å². The quantitative estimate of drug-likeness (QED) is 0.506. The molecule has 5 heterocycles. The molecule has 0 spiro atoms. The van der Waals surface area contributed by atoms with E-state index in [4.69, 9.17) is 4.74 Å². The van der Waals surface area contributed by atoms with Crippen molar-refractivity contribution < 1.29 is 17.9 Å². The van der Waals surface area contributed by atoms with Gasteiger partial charge in [0.15, 0.2) is 9.84 Å². The number of aryl methyl sites for hydroxylation is 1. The average molecular weight is 533 g/mol. The Balaban J connectivity index is 1.24. The first-order valence-corrected chi connectivity index (χ1v) is 14.3. The first-order valence-electron chi connectivity index (χ1n) is 12.5. The third kappa shape index (κ3) is 4.47. The molecule has 196 valence electrons. The number of likely N-dealkylation sites (tertiary alicyclic amines) is 1. The van der Waals surface area contributed by atoms with Crippen molar-refractivity contribution in [3.05, 3.63) is 66.4 Å². The minimum Gasteiger partial charge on any atom is -0.486 e. The molecular formula is C27H28N6O4S. The molecule has 1 aromatic carbocycles. The molecule has 38 heavy (non-hydrogen) atoms. The number of carbonyl (C=O) groups excluding carboxylic acids is 1. The maximum Gasteiger partial charge on any atom is 0.246 e. The molecule has 3 aliphatic rings. The second kappa shape index (κ2) is 9.39. The van der Waals surface area contributed by atoms with E-state index in [-0.39, 0.29) is 23.3 Å². The summed E-state index contributed by atoms with van der Waals surface area (Å²) in [5, 5.41) is 3.45. The number of ether oxygens (including phenoxy) is 1. The fourth-order valence-corrected chi connectivity index (χ4v) is 6.33. The lowest BCUT2D eigenvalue weighted by molar-refractivity contribution is -0.130. The SMILES string of the molecule is C=CC(=O)N1CC(c2ncc(-c3cc(C)c4c(c3)Nc3nccc(N5CCS(=O)(=O)CC5)c3CO4)cn2)C1. The Morgan fingerprint density at radius 2 is 1.87 bits per heavy atom. The van der Waals surface area contributed by atoms with Gasteiger partial charge in [0, 0.05) is 56.0 Å². The highest BCUT2D eigenvalue weighted by Gasteiger charge is 2.32. The molecule has 2 aromatic heterocycles. The lowest BCUT2D eigenvalue weighted by Crippen LogP contribution is -2.48. The first kappa shape index (κ1) is 24.4. The normalized spacial score (nSPS) is 18.2. The Morgan fingerprint density at radius 3 is 2.58 bits per heavy atom. The van der Waals surface area contributed by atoms with Crippen LogP contribution in [0.1, 0.15) is 22.9 Å². The Bertz CT molecular complexity index is 1520. The van der Waals surface area contributed by atoms with E-state index in [2.05, 4.69) is 31.7 Å². The Kier molecular flexibility index (Phi) is 6.02. The van der Waals surface area contributed by atoms with Crippen molar-refractivity contribution in [3.63, 3.8) is 0 Å². The first-order chi connectivity index (χ1) is 18.3. The van der Waals surface area contributed by atoms with Gasteiger partial charge in [0.1, 0.15) is 24.0 Å². The number of pyridine rings is 1. The fourth-order valence-electron chi connectivity index (χ4n) is 5.13. The number of hydrogen-bond donors (Lipinski definition) is 1. The predicted octanol–water partition coefficient (Wildman–Crippen LogP) is 2.83. The van der Waals surface area contributed by atoms with Crippen molar-refractivity contribution in [1.29, 1.82) is 0 Å². The molecule has 2 saturated heterocycles. The van der Waals surface area contributed by atoms with Crippen molar-refractivity contribution in [1.82, 2.24) is 19.9 Å². The van der Waals surface area contributed by atoms with Crippen LogP contribution in [0, 0.1) is 6.92 Å². The zero-order chi connectivity index (χ0) is 26.4. The van der Waals surface area contributed by atoms with Crippen LogP contribution in [-0.2, 0) is 21.2 Å². The molecule has 0 atom stereocenters. The lowest BCUT2D eigenvalue weighted by Gasteiger charge is -2.37. The van der Waals surface area contributed by atoms with Crippen LogP contribution in [0.2, 0.25) is 0 Å². The third-order valence-corrected chi connectivity index (χ3v) is 8.95. The van der Waals surface area contributed by atoms with E-state index >= 15 is 0 Å². The van der Waals surface area contributed by atoms with Gasteiger partial charge in [-0.05, 0) is 42.3 Å². The molecule has 6 rings (SSSR count). The van der Waals surface area contributed by atoms with Crippen LogP contribution in [0.4, 0.5) is 17.2 Å². The summed E-state index contributed by atoms with van der Waals surface area (Å²) in [6.45, 7) is 7.96. The van der Waals surface area contributed by atoms with E-state index in [0.29, 0.717) is 38.6 Å². The highest BCUT2D eigenvalue weighted by atomic mass is 32.2. The van der Waals surface area contributed by atoms with Crippen LogP contribution in [0.5, 0.6) is 5.75 Å². The van der Waals surface area contributed by atoms with Crippen LogP contribution < -0.4 is 15.0 Å². The number of anilines is 3. The molecule has 1 amide bonds. The molecule has 0 bridgehead atoms. The standard InChI is InChI=1S/C27H28N6O4S/c1-3-24(34)33-14-20(15-33)26-29-12-19(13-30-26)18-10-17(2)25-22(11-18)31-27-21(16-37-25)23(4-5-28-27)32-6-8-38(35,36)9-7-32/h3-5,10-13,20H,1,6-9,14-16H2,2H3,(H,28,31). The molecule has 10 nitrogen and oxygen atoms in total. The van der Waals surface area contributed by atoms with Crippen LogP contribution in [-0.4, -0.2) is 71.9 Å². The predicted molar refractivity (Wildman–Crippen MR) is 144 cm³/mol. The molecule has 3 aromatic rings. The number of nitrogens with zero attached hydrogens (tertiary/aromatic N) is 5. The third-order valence-electron chi connectivity index (χ3n) is 7.34. The van der Waals surface area contributed by atoms with Crippen molar-refractivity contribution >= 4 is 32.9 Å². The van der Waals surface area contributed by atoms with Crippen LogP contribution in [0.15, 0.2) is 49.4 Å². The zero-order valence-electron chi connectivity index (χ0n) is 21.1. The number of benzene rings is 1. The topological polar surface area (TPSA) is 118 Å². The Labute approximate surface area is 221 Å². The molecule has 0 radical (unpaired) electrons. The maximum atomic E-state index is 11.9. The second-order valence-electron chi connectivity index (χ2n) is 9.85. The summed E-state index contributed by atoms with van der Waals surface area (Å²) < 4.78 is 30.1. The van der Waals surface area contributed by atoms with E-state index in [0.717, 1.165) is 45.2 Å². The van der Waals surface area contributed by atoms with Gasteiger partial charge in [0.2, 0.25) is 5.91 Å². The molecule has 0 aliphatic carbocycles. The zero-order valence-corrected chi connectivity index (χ0v) is 21.9. The summed E-state index contributed by atoms with van der Waals surface area (Å²) in [5.74, 6) is 2.53. The molecule has 1 N–H and O–H groups in total. The summed E-state index contributed by atoms with van der Waals surface area (Å²) in [5.41, 5.74) is 5.43. The van der Waals surface area contributed by atoms with Crippen LogP contribution in [0.3, 0.4) is 0 Å². The van der Waals surface area contributed by atoms with Crippen molar-refractivity contribution in [2.24, 2.45) is 0 Å². The molecule has 11 heteroatoms. The van der Waals surface area contributed by atoms with Gasteiger partial charge in [-0.15, -0.1) is 0 Å². The van der Waals surface area contributed by atoms with Gasteiger partial charge in [-0.1, -0.05) is 6.58 Å². The van der Waals surface area contributed by atoms with Crippen LogP contribution in [0.25, 0.3) is 11.1 Å². The largest absolute Gasteiger partial charge is 0.486 e. The van der Waals surface area contributed by atoms with E-state index in [9.17, 15) is 13.2 Å². The summed E-state index contributed by atoms with van der Waals surface area (Å²) in [6, 6.07) is 5.97. The Hall–Kier alpha value is -3.99. The minimum atomic E-state index is -2.98. The van der Waals surface area contributed by atoms with E-state index in [1.165, 1.54) is 6.08 Å².